The van der Waals surface area contributed by atoms with Gasteiger partial charge in [0.25, 0.3) is 0 Å². The molecule has 1 aliphatic heterocycles. The Bertz CT molecular complexity index is 226. The highest BCUT2D eigenvalue weighted by atomic mass is 19.4. The molecule has 17 heavy (non-hydrogen) atoms. The number of nitrogens with one attached hydrogen (secondary N) is 2. The molecule has 2 N–H and O–H groups in total. The van der Waals surface area contributed by atoms with Crippen LogP contribution in [0.2, 0.25) is 0 Å². The average molecular weight is 252 g/mol. The second-order valence-electron chi connectivity index (χ2n) is 5.52. The van der Waals surface area contributed by atoms with Crippen molar-refractivity contribution in [3.63, 3.8) is 0 Å². The van der Waals surface area contributed by atoms with E-state index in [9.17, 15) is 13.2 Å². The fourth-order valence-electron chi connectivity index (χ4n) is 2.28. The highest BCUT2D eigenvalue weighted by molar-refractivity contribution is 4.89. The Morgan fingerprint density at radius 1 is 1.35 bits per heavy atom. The van der Waals surface area contributed by atoms with Crippen LogP contribution in [0.4, 0.5) is 13.2 Å². The molecule has 0 bridgehead atoms. The molecule has 0 saturated carbocycles. The maximum Gasteiger partial charge on any atom is 0.389 e. The zero-order valence-corrected chi connectivity index (χ0v) is 10.7. The van der Waals surface area contributed by atoms with Gasteiger partial charge in [-0.25, -0.2) is 0 Å². The van der Waals surface area contributed by atoms with Gasteiger partial charge < -0.3 is 10.6 Å². The molecule has 0 aromatic carbocycles. The van der Waals surface area contributed by atoms with Gasteiger partial charge in [-0.3, -0.25) is 0 Å². The van der Waals surface area contributed by atoms with E-state index >= 15 is 0 Å². The molecule has 0 aromatic rings. The molecule has 0 amide bonds. The molecular formula is C12H23F3N2. The first-order chi connectivity index (χ1) is 7.81. The summed E-state index contributed by atoms with van der Waals surface area (Å²) in [5.41, 5.74) is 0.231. The SMILES string of the molecule is CC1(C)CCCNC1CNCCCC(F)(F)F. The van der Waals surface area contributed by atoms with Crippen LogP contribution in [0.25, 0.3) is 0 Å². The van der Waals surface area contributed by atoms with Crippen molar-refractivity contribution in [3.8, 4) is 0 Å². The van der Waals surface area contributed by atoms with Gasteiger partial charge in [0, 0.05) is 19.0 Å². The number of hydrogen-bond donors (Lipinski definition) is 2. The molecule has 0 aromatic heterocycles. The quantitative estimate of drug-likeness (QED) is 0.735. The van der Waals surface area contributed by atoms with Crippen LogP contribution >= 0.6 is 0 Å². The number of alkyl halides is 3. The molecule has 1 atom stereocenters. The Kier molecular flexibility index (Phi) is 5.25. The minimum atomic E-state index is -4.02. The lowest BCUT2D eigenvalue weighted by atomic mass is 9.77. The van der Waals surface area contributed by atoms with Crippen LogP contribution in [-0.2, 0) is 0 Å². The van der Waals surface area contributed by atoms with Crippen molar-refractivity contribution in [3.05, 3.63) is 0 Å². The van der Waals surface area contributed by atoms with E-state index in [0.717, 1.165) is 13.1 Å². The molecule has 1 heterocycles. The zero-order chi connectivity index (χ0) is 12.9. The third-order valence-electron chi connectivity index (χ3n) is 3.49. The second-order valence-corrected chi connectivity index (χ2v) is 5.52. The summed E-state index contributed by atoms with van der Waals surface area (Å²) < 4.78 is 35.8. The van der Waals surface area contributed by atoms with E-state index in [1.807, 2.05) is 0 Å². The highest BCUT2D eigenvalue weighted by Gasteiger charge is 2.31. The molecule has 0 radical (unpaired) electrons. The van der Waals surface area contributed by atoms with Crippen LogP contribution in [0.5, 0.6) is 0 Å². The summed E-state index contributed by atoms with van der Waals surface area (Å²) >= 11 is 0. The number of hydrogen-bond acceptors (Lipinski definition) is 2. The average Bonchev–Trinajstić information content (AvgIpc) is 2.17. The fraction of sp³-hybridized carbons (Fsp3) is 1.00. The van der Waals surface area contributed by atoms with Crippen LogP contribution < -0.4 is 10.6 Å². The Labute approximate surface area is 101 Å². The van der Waals surface area contributed by atoms with Gasteiger partial charge in [-0.05, 0) is 37.8 Å². The minimum Gasteiger partial charge on any atom is -0.315 e. The highest BCUT2D eigenvalue weighted by Crippen LogP contribution is 2.29. The second kappa shape index (κ2) is 6.05. The summed E-state index contributed by atoms with van der Waals surface area (Å²) in [6.45, 7) is 6.62. The summed E-state index contributed by atoms with van der Waals surface area (Å²) in [5, 5.41) is 6.55. The lowest BCUT2D eigenvalue weighted by molar-refractivity contribution is -0.135. The first kappa shape index (κ1) is 14.8. The van der Waals surface area contributed by atoms with Crippen LogP contribution in [0.3, 0.4) is 0 Å². The zero-order valence-electron chi connectivity index (χ0n) is 10.7. The van der Waals surface area contributed by atoms with Gasteiger partial charge in [0.1, 0.15) is 0 Å². The van der Waals surface area contributed by atoms with Gasteiger partial charge in [0.2, 0.25) is 0 Å². The number of halogens is 3. The third-order valence-corrected chi connectivity index (χ3v) is 3.49. The standard InChI is InChI=1S/C12H23F3N2/c1-11(2)5-3-8-17-10(11)9-16-7-4-6-12(13,14)15/h10,16-17H,3-9H2,1-2H3. The normalized spacial score (nSPS) is 24.9. The van der Waals surface area contributed by atoms with E-state index < -0.39 is 12.6 Å². The predicted molar refractivity (Wildman–Crippen MR) is 63.0 cm³/mol. The van der Waals surface area contributed by atoms with Crippen LogP contribution in [-0.4, -0.2) is 31.9 Å². The molecule has 0 aliphatic carbocycles. The van der Waals surface area contributed by atoms with Gasteiger partial charge in [-0.2, -0.15) is 13.2 Å². The third kappa shape index (κ3) is 5.73. The molecule has 1 unspecified atom stereocenters. The molecule has 2 nitrogen and oxygen atoms in total. The molecule has 1 fully saturated rings. The first-order valence-corrected chi connectivity index (χ1v) is 6.32. The smallest absolute Gasteiger partial charge is 0.315 e. The van der Waals surface area contributed by atoms with E-state index in [4.69, 9.17) is 0 Å². The Morgan fingerprint density at radius 3 is 2.65 bits per heavy atom. The largest absolute Gasteiger partial charge is 0.389 e. The summed E-state index contributed by atoms with van der Waals surface area (Å²) in [7, 11) is 0. The maximum absolute atomic E-state index is 11.9. The molecule has 5 heteroatoms. The Hall–Kier alpha value is -0.290. The molecule has 1 aliphatic rings. The van der Waals surface area contributed by atoms with Crippen LogP contribution in [0.1, 0.15) is 39.5 Å². The minimum absolute atomic E-state index is 0.163. The van der Waals surface area contributed by atoms with Crippen molar-refractivity contribution in [2.45, 2.75) is 51.7 Å². The van der Waals surface area contributed by atoms with E-state index in [2.05, 4.69) is 24.5 Å². The fourth-order valence-corrected chi connectivity index (χ4v) is 2.28. The number of piperidine rings is 1. The summed E-state index contributed by atoms with van der Waals surface area (Å²) in [4.78, 5) is 0. The number of rotatable bonds is 5. The van der Waals surface area contributed by atoms with Crippen molar-refractivity contribution in [1.82, 2.24) is 10.6 Å². The summed E-state index contributed by atoms with van der Waals surface area (Å²) in [5.74, 6) is 0. The molecule has 0 spiro atoms. The van der Waals surface area contributed by atoms with Crippen LogP contribution in [0.15, 0.2) is 0 Å². The van der Waals surface area contributed by atoms with Crippen molar-refractivity contribution in [1.29, 1.82) is 0 Å². The summed E-state index contributed by atoms with van der Waals surface area (Å²) in [6, 6.07) is 0.363. The van der Waals surface area contributed by atoms with Crippen LogP contribution in [0, 0.1) is 5.41 Å². The maximum atomic E-state index is 11.9. The lowest BCUT2D eigenvalue weighted by Crippen LogP contribution is -2.52. The molecule has 1 saturated heterocycles. The molecule has 1 rings (SSSR count). The van der Waals surface area contributed by atoms with Gasteiger partial charge in [-0.15, -0.1) is 0 Å². The summed E-state index contributed by atoms with van der Waals surface area (Å²) in [6.07, 6.45) is -2.20. The Morgan fingerprint density at radius 2 is 2.06 bits per heavy atom. The van der Waals surface area contributed by atoms with Gasteiger partial charge in [0.05, 0.1) is 0 Å². The van der Waals surface area contributed by atoms with Gasteiger partial charge >= 0.3 is 6.18 Å². The van der Waals surface area contributed by atoms with Crippen molar-refractivity contribution in [2.75, 3.05) is 19.6 Å². The van der Waals surface area contributed by atoms with Gasteiger partial charge in [0.15, 0.2) is 0 Å². The Balaban J connectivity index is 2.13. The van der Waals surface area contributed by atoms with Crippen molar-refractivity contribution < 1.29 is 13.2 Å². The van der Waals surface area contributed by atoms with Crippen molar-refractivity contribution in [2.24, 2.45) is 5.41 Å². The van der Waals surface area contributed by atoms with E-state index in [0.29, 0.717) is 12.6 Å². The van der Waals surface area contributed by atoms with E-state index in [-0.39, 0.29) is 11.8 Å². The van der Waals surface area contributed by atoms with Gasteiger partial charge in [-0.1, -0.05) is 13.8 Å². The topological polar surface area (TPSA) is 24.1 Å². The molecule has 102 valence electrons. The van der Waals surface area contributed by atoms with E-state index in [1.165, 1.54) is 12.8 Å². The molecular weight excluding hydrogens is 229 g/mol. The predicted octanol–water partition coefficient (Wildman–Crippen LogP) is 2.70. The monoisotopic (exact) mass is 252 g/mol. The van der Waals surface area contributed by atoms with E-state index in [1.54, 1.807) is 0 Å². The van der Waals surface area contributed by atoms with Crippen molar-refractivity contribution >= 4 is 0 Å². The first-order valence-electron chi connectivity index (χ1n) is 6.32. The lowest BCUT2D eigenvalue weighted by Gasteiger charge is -2.39.